The molecular formula is C29H21ClFN3O5S2. The minimum atomic E-state index is -0.905. The zero-order chi connectivity index (χ0) is 28.8. The Bertz CT molecular complexity index is 1760. The highest BCUT2D eigenvalue weighted by molar-refractivity contribution is 8.00. The molecule has 1 fully saturated rings. The summed E-state index contributed by atoms with van der Waals surface area (Å²) in [5.41, 5.74) is 2.27. The Balaban J connectivity index is 1.37. The van der Waals surface area contributed by atoms with Crippen molar-refractivity contribution in [2.45, 2.75) is 23.1 Å². The maximum atomic E-state index is 13.9. The molecule has 2 aliphatic heterocycles. The number of ether oxygens (including phenoxy) is 1. The second kappa shape index (κ2) is 10.8. The van der Waals surface area contributed by atoms with Gasteiger partial charge in [-0.2, -0.15) is 0 Å². The van der Waals surface area contributed by atoms with Crippen molar-refractivity contribution >= 4 is 63.8 Å². The van der Waals surface area contributed by atoms with Crippen molar-refractivity contribution in [3.05, 3.63) is 103 Å². The van der Waals surface area contributed by atoms with E-state index in [2.05, 4.69) is 10.3 Å². The molecule has 3 heterocycles. The summed E-state index contributed by atoms with van der Waals surface area (Å²) in [5, 5.41) is 2.80. The topological polar surface area (TPSA) is 109 Å². The van der Waals surface area contributed by atoms with Crippen LogP contribution < -0.4 is 19.8 Å². The molecule has 0 aliphatic carbocycles. The van der Waals surface area contributed by atoms with Crippen LogP contribution in [0.3, 0.4) is 0 Å². The Morgan fingerprint density at radius 2 is 1.83 bits per heavy atom. The zero-order valence-electron chi connectivity index (χ0n) is 21.4. The number of hydrogen-bond acceptors (Lipinski definition) is 7. The first-order valence-corrected chi connectivity index (χ1v) is 14.6. The summed E-state index contributed by atoms with van der Waals surface area (Å²) >= 11 is 8.47. The number of carbonyl (C=O) groups is 3. The van der Waals surface area contributed by atoms with E-state index in [-0.39, 0.29) is 28.8 Å². The number of imide groups is 1. The Morgan fingerprint density at radius 3 is 2.59 bits per heavy atom. The quantitative estimate of drug-likeness (QED) is 0.285. The third kappa shape index (κ3) is 5.05. The van der Waals surface area contributed by atoms with Crippen LogP contribution >= 0.6 is 34.7 Å². The molecule has 0 saturated carbocycles. The lowest BCUT2D eigenvalue weighted by Crippen LogP contribution is -2.32. The minimum Gasteiger partial charge on any atom is -0.483 e. The van der Waals surface area contributed by atoms with Crippen molar-refractivity contribution in [3.8, 4) is 5.75 Å². The van der Waals surface area contributed by atoms with Crippen LogP contribution in [-0.2, 0) is 14.4 Å². The van der Waals surface area contributed by atoms with Gasteiger partial charge in [0.15, 0.2) is 6.61 Å². The SMILES string of the molecule is Cc1ccccc1NC(=O)COc1ccc(Cl)cc1[C@H]1c2sc(=O)[nH]c2SC2C(=O)N(c3ccc(F)cc3)C(=O)C21. The van der Waals surface area contributed by atoms with Crippen molar-refractivity contribution in [1.82, 2.24) is 4.98 Å². The molecule has 6 rings (SSSR count). The van der Waals surface area contributed by atoms with Gasteiger partial charge >= 0.3 is 4.87 Å². The first-order chi connectivity index (χ1) is 19.7. The molecular weight excluding hydrogens is 589 g/mol. The van der Waals surface area contributed by atoms with Crippen LogP contribution in [-0.4, -0.2) is 34.6 Å². The summed E-state index contributed by atoms with van der Waals surface area (Å²) < 4.78 is 19.6. The number of nitrogens with one attached hydrogen (secondary N) is 2. The second-order valence-electron chi connectivity index (χ2n) is 9.57. The molecule has 0 radical (unpaired) electrons. The summed E-state index contributed by atoms with van der Waals surface area (Å²) in [7, 11) is 0. The summed E-state index contributed by atoms with van der Waals surface area (Å²) in [5.74, 6) is -3.23. The number of carbonyl (C=O) groups excluding carboxylic acids is 3. The summed E-state index contributed by atoms with van der Waals surface area (Å²) in [6, 6.07) is 17.3. The number of aromatic nitrogens is 1. The van der Waals surface area contributed by atoms with Gasteiger partial charge in [0.1, 0.15) is 16.8 Å². The summed E-state index contributed by atoms with van der Waals surface area (Å²) in [6.45, 7) is 1.55. The van der Waals surface area contributed by atoms with E-state index in [9.17, 15) is 23.6 Å². The standard InChI is InChI=1S/C29H21ClFN3O5S2/c1-14-4-2-3-5-19(14)32-21(35)13-39-20-11-6-15(30)12-18(20)22-23-25(40-26-24(22)41-29(38)33-26)28(37)34(27(23)36)17-9-7-16(31)8-10-17/h2-12,22-23,25H,13H2,1H3,(H,32,35)(H,33,38)/t22-,23?,25?/m1/s1. The van der Waals surface area contributed by atoms with E-state index >= 15 is 0 Å². The van der Waals surface area contributed by atoms with Gasteiger partial charge in [-0.3, -0.25) is 19.2 Å². The molecule has 2 N–H and O–H groups in total. The fourth-order valence-corrected chi connectivity index (χ4v) is 7.82. The molecule has 0 bridgehead atoms. The number of para-hydroxylation sites is 1. The van der Waals surface area contributed by atoms with Crippen molar-refractivity contribution in [3.63, 3.8) is 0 Å². The van der Waals surface area contributed by atoms with E-state index < -0.39 is 34.7 Å². The van der Waals surface area contributed by atoms with Gasteiger partial charge < -0.3 is 15.0 Å². The van der Waals surface area contributed by atoms with Crippen LogP contribution in [0.15, 0.2) is 76.6 Å². The lowest BCUT2D eigenvalue weighted by molar-refractivity contribution is -0.122. The van der Waals surface area contributed by atoms with Gasteiger partial charge in [-0.1, -0.05) is 52.9 Å². The van der Waals surface area contributed by atoms with E-state index in [0.29, 0.717) is 26.2 Å². The number of thiazole rings is 1. The molecule has 0 spiro atoms. The Hall–Kier alpha value is -3.93. The zero-order valence-corrected chi connectivity index (χ0v) is 23.7. The van der Waals surface area contributed by atoms with Crippen molar-refractivity contribution in [2.24, 2.45) is 5.92 Å². The second-order valence-corrected chi connectivity index (χ2v) is 12.2. The third-order valence-corrected chi connectivity index (χ3v) is 9.63. The molecule has 1 saturated heterocycles. The lowest BCUT2D eigenvalue weighted by atomic mass is 9.82. The number of fused-ring (bicyclic) bond motifs is 2. The maximum Gasteiger partial charge on any atom is 0.305 e. The lowest BCUT2D eigenvalue weighted by Gasteiger charge is -2.31. The molecule has 2 unspecified atom stereocenters. The molecule has 3 atom stereocenters. The highest BCUT2D eigenvalue weighted by Gasteiger charge is 2.56. The number of anilines is 2. The maximum absolute atomic E-state index is 13.9. The smallest absolute Gasteiger partial charge is 0.305 e. The van der Waals surface area contributed by atoms with E-state index in [1.807, 2.05) is 25.1 Å². The van der Waals surface area contributed by atoms with Crippen molar-refractivity contribution in [2.75, 3.05) is 16.8 Å². The summed E-state index contributed by atoms with van der Waals surface area (Å²) in [6.07, 6.45) is 0. The predicted molar refractivity (Wildman–Crippen MR) is 156 cm³/mol. The highest BCUT2D eigenvalue weighted by Crippen LogP contribution is 2.54. The number of halogens is 2. The normalized spacial score (nSPS) is 19.6. The van der Waals surface area contributed by atoms with Crippen LogP contribution in [0, 0.1) is 18.7 Å². The van der Waals surface area contributed by atoms with Gasteiger partial charge in [0.05, 0.1) is 16.6 Å². The predicted octanol–water partition coefficient (Wildman–Crippen LogP) is 5.35. The largest absolute Gasteiger partial charge is 0.483 e. The van der Waals surface area contributed by atoms with Gasteiger partial charge in [0, 0.05) is 27.1 Å². The molecule has 4 aromatic rings. The Morgan fingerprint density at radius 1 is 1.07 bits per heavy atom. The molecule has 8 nitrogen and oxygen atoms in total. The van der Waals surface area contributed by atoms with Crippen LogP contribution in [0.4, 0.5) is 15.8 Å². The summed E-state index contributed by atoms with van der Waals surface area (Å²) in [4.78, 5) is 56.8. The number of rotatable bonds is 6. The molecule has 12 heteroatoms. The number of amides is 3. The number of thioether (sulfide) groups is 1. The number of nitrogens with zero attached hydrogens (tertiary/aromatic N) is 1. The fraction of sp³-hybridized carbons (Fsp3) is 0.172. The molecule has 3 aromatic carbocycles. The average Bonchev–Trinajstić information content (AvgIpc) is 3.44. The third-order valence-electron chi connectivity index (χ3n) is 6.99. The van der Waals surface area contributed by atoms with Gasteiger partial charge in [0.25, 0.3) is 5.91 Å². The number of H-pyrrole nitrogens is 1. The van der Waals surface area contributed by atoms with Crippen LogP contribution in [0.5, 0.6) is 5.75 Å². The van der Waals surface area contributed by atoms with Gasteiger partial charge in [0.2, 0.25) is 11.8 Å². The average molecular weight is 610 g/mol. The molecule has 1 aromatic heterocycles. The number of hydrogen-bond donors (Lipinski definition) is 2. The highest BCUT2D eigenvalue weighted by atomic mass is 35.5. The van der Waals surface area contributed by atoms with E-state index in [1.54, 1.807) is 24.3 Å². The van der Waals surface area contributed by atoms with Crippen molar-refractivity contribution in [1.29, 1.82) is 0 Å². The molecule has 41 heavy (non-hydrogen) atoms. The van der Waals surface area contributed by atoms with E-state index in [4.69, 9.17) is 16.3 Å². The van der Waals surface area contributed by atoms with Gasteiger partial charge in [-0.15, -0.1) is 0 Å². The first-order valence-electron chi connectivity index (χ1n) is 12.5. The first kappa shape index (κ1) is 27.3. The molecule has 3 amide bonds. The molecule has 208 valence electrons. The van der Waals surface area contributed by atoms with Crippen LogP contribution in [0.25, 0.3) is 0 Å². The number of benzene rings is 3. The van der Waals surface area contributed by atoms with E-state index in [0.717, 1.165) is 33.6 Å². The van der Waals surface area contributed by atoms with Crippen LogP contribution in [0.1, 0.15) is 21.9 Å². The number of aryl methyl sites for hydroxylation is 1. The van der Waals surface area contributed by atoms with Crippen LogP contribution in [0.2, 0.25) is 5.02 Å². The van der Waals surface area contributed by atoms with Gasteiger partial charge in [-0.05, 0) is 61.0 Å². The Kier molecular flexibility index (Phi) is 7.18. The number of aromatic amines is 1. The van der Waals surface area contributed by atoms with E-state index in [1.165, 1.54) is 24.3 Å². The minimum absolute atomic E-state index is 0.252. The van der Waals surface area contributed by atoms with Crippen molar-refractivity contribution < 1.29 is 23.5 Å². The molecule has 2 aliphatic rings. The monoisotopic (exact) mass is 609 g/mol. The van der Waals surface area contributed by atoms with Gasteiger partial charge in [-0.25, -0.2) is 9.29 Å². The Labute approximate surface area is 246 Å². The fourth-order valence-electron chi connectivity index (χ4n) is 5.13.